The van der Waals surface area contributed by atoms with Gasteiger partial charge in [0.15, 0.2) is 5.96 Å². The number of nitrogens with zero attached hydrogens (tertiary/aromatic N) is 1. The largest absolute Gasteiger partial charge is 0.366 e. The van der Waals surface area contributed by atoms with Crippen LogP contribution in [-0.4, -0.2) is 25.0 Å². The number of aliphatic imine (C=N–C) groups is 1. The van der Waals surface area contributed by atoms with E-state index in [1.165, 1.54) is 5.56 Å². The van der Waals surface area contributed by atoms with E-state index in [0.717, 1.165) is 42.5 Å². The molecule has 0 bridgehead atoms. The zero-order chi connectivity index (χ0) is 19.3. The molecule has 0 saturated heterocycles. The molecule has 1 amide bonds. The van der Waals surface area contributed by atoms with Crippen LogP contribution in [0.1, 0.15) is 41.3 Å². The molecule has 0 heterocycles. The van der Waals surface area contributed by atoms with Gasteiger partial charge in [-0.2, -0.15) is 0 Å². The zero-order valence-corrected chi connectivity index (χ0v) is 19.0. The molecule has 1 aliphatic rings. The first-order valence-electron chi connectivity index (χ1n) is 9.19. The summed E-state index contributed by atoms with van der Waals surface area (Å²) in [4.78, 5) is 15.8. The monoisotopic (exact) mass is 512 g/mol. The normalized spacial score (nSPS) is 14.7. The van der Waals surface area contributed by atoms with Crippen LogP contribution in [0.2, 0.25) is 5.02 Å². The quantitative estimate of drug-likeness (QED) is 0.300. The van der Waals surface area contributed by atoms with Gasteiger partial charge >= 0.3 is 0 Å². The summed E-state index contributed by atoms with van der Waals surface area (Å²) in [5, 5.41) is 7.52. The number of halogens is 2. The van der Waals surface area contributed by atoms with Crippen molar-refractivity contribution in [3.63, 3.8) is 0 Å². The van der Waals surface area contributed by atoms with E-state index in [-0.39, 0.29) is 29.4 Å². The van der Waals surface area contributed by atoms with Crippen molar-refractivity contribution in [2.75, 3.05) is 13.1 Å². The Hall–Kier alpha value is -1.80. The van der Waals surface area contributed by atoms with Gasteiger partial charge in [-0.1, -0.05) is 35.9 Å². The Morgan fingerprint density at radius 1 is 1.18 bits per heavy atom. The van der Waals surface area contributed by atoms with Crippen LogP contribution < -0.4 is 16.4 Å². The standard InChI is InChI=1S/C21H25ClN4O.HI/c1-2-24-20(25-13-15-6-8-16(9-7-15)19(23)27)26-14-21(10-11-21)17-4-3-5-18(22)12-17;/h3-9,12H,2,10-11,13-14H2,1H3,(H2,23,27)(H2,24,25,26);1H. The van der Waals surface area contributed by atoms with Crippen LogP contribution in [0, 0.1) is 0 Å². The lowest BCUT2D eigenvalue weighted by molar-refractivity contribution is 0.100. The fourth-order valence-electron chi connectivity index (χ4n) is 3.08. The second kappa shape index (κ2) is 10.1. The van der Waals surface area contributed by atoms with Crippen molar-refractivity contribution in [2.45, 2.75) is 31.7 Å². The van der Waals surface area contributed by atoms with E-state index in [1.807, 2.05) is 31.2 Å². The van der Waals surface area contributed by atoms with Crippen LogP contribution in [0.3, 0.4) is 0 Å². The number of nitrogens with one attached hydrogen (secondary N) is 2. The first-order valence-corrected chi connectivity index (χ1v) is 9.57. The van der Waals surface area contributed by atoms with Gasteiger partial charge in [0, 0.05) is 29.1 Å². The van der Waals surface area contributed by atoms with Gasteiger partial charge in [-0.15, -0.1) is 24.0 Å². The molecule has 2 aromatic rings. The van der Waals surface area contributed by atoms with Crippen molar-refractivity contribution in [3.8, 4) is 0 Å². The minimum atomic E-state index is -0.421. The molecule has 2 aromatic carbocycles. The number of nitrogens with two attached hydrogens (primary N) is 1. The minimum Gasteiger partial charge on any atom is -0.366 e. The van der Waals surface area contributed by atoms with Gasteiger partial charge in [-0.3, -0.25) is 4.79 Å². The number of rotatable bonds is 7. The maximum atomic E-state index is 11.2. The Morgan fingerprint density at radius 3 is 2.46 bits per heavy atom. The summed E-state index contributed by atoms with van der Waals surface area (Å²) in [6.07, 6.45) is 2.29. The highest BCUT2D eigenvalue weighted by molar-refractivity contribution is 14.0. The van der Waals surface area contributed by atoms with Gasteiger partial charge in [-0.05, 0) is 55.2 Å². The first kappa shape index (κ1) is 22.5. The van der Waals surface area contributed by atoms with Crippen LogP contribution >= 0.6 is 35.6 Å². The zero-order valence-electron chi connectivity index (χ0n) is 15.9. The van der Waals surface area contributed by atoms with E-state index in [0.29, 0.717) is 12.1 Å². The summed E-state index contributed by atoms with van der Waals surface area (Å²) < 4.78 is 0. The second-order valence-electron chi connectivity index (χ2n) is 6.90. The number of primary amides is 1. The Labute approximate surface area is 188 Å². The molecular weight excluding hydrogens is 487 g/mol. The van der Waals surface area contributed by atoms with Crippen molar-refractivity contribution in [3.05, 3.63) is 70.2 Å². The van der Waals surface area contributed by atoms with Crippen LogP contribution in [0.25, 0.3) is 0 Å². The second-order valence-corrected chi connectivity index (χ2v) is 7.34. The molecule has 0 unspecified atom stereocenters. The third-order valence-corrected chi connectivity index (χ3v) is 5.12. The Morgan fingerprint density at radius 2 is 1.89 bits per heavy atom. The molecule has 1 aliphatic carbocycles. The lowest BCUT2D eigenvalue weighted by Crippen LogP contribution is -2.41. The summed E-state index contributed by atoms with van der Waals surface area (Å²) in [5.41, 5.74) is 8.22. The number of hydrogen-bond donors (Lipinski definition) is 3. The first-order chi connectivity index (χ1) is 13.0. The molecular formula is C21H26ClIN4O. The van der Waals surface area contributed by atoms with E-state index < -0.39 is 5.91 Å². The molecule has 0 aliphatic heterocycles. The summed E-state index contributed by atoms with van der Waals surface area (Å²) in [5.74, 6) is 0.362. The van der Waals surface area contributed by atoms with Gasteiger partial charge in [0.25, 0.3) is 0 Å². The Balaban J connectivity index is 0.00000280. The summed E-state index contributed by atoms with van der Waals surface area (Å²) >= 11 is 6.15. The lowest BCUT2D eigenvalue weighted by Gasteiger charge is -2.19. The van der Waals surface area contributed by atoms with Gasteiger partial charge in [-0.25, -0.2) is 4.99 Å². The molecule has 28 heavy (non-hydrogen) atoms. The molecule has 1 fully saturated rings. The molecule has 0 atom stereocenters. The van der Waals surface area contributed by atoms with Crippen LogP contribution in [0.4, 0.5) is 0 Å². The molecule has 4 N–H and O–H groups in total. The molecule has 5 nitrogen and oxygen atoms in total. The maximum absolute atomic E-state index is 11.2. The molecule has 0 spiro atoms. The van der Waals surface area contributed by atoms with Crippen molar-refractivity contribution < 1.29 is 4.79 Å². The molecule has 7 heteroatoms. The third kappa shape index (κ3) is 5.85. The predicted molar refractivity (Wildman–Crippen MR) is 126 cm³/mol. The fraction of sp³-hybridized carbons (Fsp3) is 0.333. The lowest BCUT2D eigenvalue weighted by atomic mass is 9.96. The van der Waals surface area contributed by atoms with Crippen LogP contribution in [0.15, 0.2) is 53.5 Å². The average Bonchev–Trinajstić information content (AvgIpc) is 3.45. The summed E-state index contributed by atoms with van der Waals surface area (Å²) in [7, 11) is 0. The van der Waals surface area contributed by atoms with Crippen molar-refractivity contribution in [1.29, 1.82) is 0 Å². The van der Waals surface area contributed by atoms with Gasteiger partial charge in [0.2, 0.25) is 5.91 Å². The summed E-state index contributed by atoms with van der Waals surface area (Å²) in [6.45, 7) is 4.18. The van der Waals surface area contributed by atoms with Crippen molar-refractivity contribution >= 4 is 47.4 Å². The van der Waals surface area contributed by atoms with Crippen molar-refractivity contribution in [2.24, 2.45) is 10.7 Å². The summed E-state index contributed by atoms with van der Waals surface area (Å²) in [6, 6.07) is 15.3. The number of carbonyl (C=O) groups is 1. The fourth-order valence-corrected chi connectivity index (χ4v) is 3.27. The number of amides is 1. The van der Waals surface area contributed by atoms with E-state index in [1.54, 1.807) is 12.1 Å². The maximum Gasteiger partial charge on any atom is 0.248 e. The highest BCUT2D eigenvalue weighted by atomic mass is 127. The van der Waals surface area contributed by atoms with E-state index in [2.05, 4.69) is 27.8 Å². The predicted octanol–water partition coefficient (Wildman–Crippen LogP) is 3.84. The van der Waals surface area contributed by atoms with Crippen LogP contribution in [-0.2, 0) is 12.0 Å². The number of hydrogen-bond acceptors (Lipinski definition) is 2. The smallest absolute Gasteiger partial charge is 0.248 e. The SMILES string of the molecule is CCNC(=NCc1ccc(C(N)=O)cc1)NCC1(c2cccc(Cl)c2)CC1.I. The van der Waals surface area contributed by atoms with Gasteiger partial charge in [0.05, 0.1) is 6.54 Å². The third-order valence-electron chi connectivity index (χ3n) is 4.89. The topological polar surface area (TPSA) is 79.5 Å². The Kier molecular flexibility index (Phi) is 8.12. The highest BCUT2D eigenvalue weighted by Gasteiger charge is 2.44. The molecule has 0 aromatic heterocycles. The van der Waals surface area contributed by atoms with E-state index >= 15 is 0 Å². The molecule has 1 saturated carbocycles. The van der Waals surface area contributed by atoms with Gasteiger partial charge < -0.3 is 16.4 Å². The van der Waals surface area contributed by atoms with E-state index in [9.17, 15) is 4.79 Å². The van der Waals surface area contributed by atoms with Crippen LogP contribution in [0.5, 0.6) is 0 Å². The Bertz CT molecular complexity index is 835. The molecule has 0 radical (unpaired) electrons. The number of benzene rings is 2. The van der Waals surface area contributed by atoms with Gasteiger partial charge in [0.1, 0.15) is 0 Å². The average molecular weight is 513 g/mol. The number of carbonyl (C=O) groups excluding carboxylic acids is 1. The highest BCUT2D eigenvalue weighted by Crippen LogP contribution is 2.48. The number of guanidine groups is 1. The molecule has 150 valence electrons. The minimum absolute atomic E-state index is 0. The molecule has 3 rings (SSSR count). The van der Waals surface area contributed by atoms with E-state index in [4.69, 9.17) is 17.3 Å². The van der Waals surface area contributed by atoms with Crippen molar-refractivity contribution in [1.82, 2.24) is 10.6 Å².